The minimum atomic E-state index is 0.505. The highest BCUT2D eigenvalue weighted by molar-refractivity contribution is 5.85. The smallest absolute Gasteiger partial charge is 0.237 e. The van der Waals surface area contributed by atoms with Gasteiger partial charge in [0.25, 0.3) is 0 Å². The zero-order chi connectivity index (χ0) is 7.68. The molecule has 0 atom stereocenters. The lowest BCUT2D eigenvalue weighted by atomic mass is 10.3. The van der Waals surface area contributed by atoms with Gasteiger partial charge in [-0.1, -0.05) is 6.07 Å². The van der Waals surface area contributed by atoms with Crippen LogP contribution in [-0.2, 0) is 4.79 Å². The molecule has 2 heterocycles. The first kappa shape index (κ1) is 6.09. The largest absolute Gasteiger partial charge is 0.285 e. The fourth-order valence-electron chi connectivity index (χ4n) is 1.01. The number of aromatic nitrogens is 2. The summed E-state index contributed by atoms with van der Waals surface area (Å²) in [4.78, 5) is 10.3. The normalized spacial score (nSPS) is 10.2. The lowest BCUT2D eigenvalue weighted by molar-refractivity contribution is 0.563. The van der Waals surface area contributed by atoms with Gasteiger partial charge in [-0.2, -0.15) is 5.10 Å². The number of carbonyl (C=O) groups excluding carboxylic acids is 1. The summed E-state index contributed by atoms with van der Waals surface area (Å²) in [5.74, 6) is 0. The molecular weight excluding hydrogens is 140 g/mol. The number of hydrogen-bond acceptors (Lipinski definition) is 2. The Morgan fingerprint density at radius 3 is 3.18 bits per heavy atom. The van der Waals surface area contributed by atoms with Crippen LogP contribution >= 0.6 is 0 Å². The van der Waals surface area contributed by atoms with E-state index in [1.54, 1.807) is 10.7 Å². The molecule has 11 heavy (non-hydrogen) atoms. The molecule has 0 aliphatic rings. The van der Waals surface area contributed by atoms with Gasteiger partial charge in [0, 0.05) is 6.20 Å². The molecule has 0 spiro atoms. The van der Waals surface area contributed by atoms with Gasteiger partial charge in [0.2, 0.25) is 6.29 Å². The van der Waals surface area contributed by atoms with Crippen molar-refractivity contribution in [3.05, 3.63) is 36.2 Å². The molecule has 2 aromatic heterocycles. The van der Waals surface area contributed by atoms with Gasteiger partial charge in [-0.3, -0.25) is 4.79 Å². The van der Waals surface area contributed by atoms with Crippen molar-refractivity contribution in [3.63, 3.8) is 0 Å². The van der Waals surface area contributed by atoms with Gasteiger partial charge in [0.15, 0.2) is 0 Å². The molecule has 0 unspecified atom stereocenters. The molecule has 0 aliphatic heterocycles. The van der Waals surface area contributed by atoms with Crippen molar-refractivity contribution in [3.8, 4) is 0 Å². The van der Waals surface area contributed by atoms with Crippen molar-refractivity contribution in [1.29, 1.82) is 0 Å². The van der Waals surface area contributed by atoms with Crippen LogP contribution in [0.5, 0.6) is 0 Å². The van der Waals surface area contributed by atoms with E-state index in [1.165, 1.54) is 6.20 Å². The second-order valence-corrected chi connectivity index (χ2v) is 2.19. The lowest BCUT2D eigenvalue weighted by Gasteiger charge is -1.88. The van der Waals surface area contributed by atoms with Crippen LogP contribution in [0.15, 0.2) is 30.6 Å². The van der Waals surface area contributed by atoms with Crippen LogP contribution in [0, 0.1) is 0 Å². The molecule has 3 heteroatoms. The van der Waals surface area contributed by atoms with E-state index in [0.29, 0.717) is 5.56 Å². The number of fused-ring (bicyclic) bond motifs is 1. The molecule has 2 aromatic rings. The van der Waals surface area contributed by atoms with Gasteiger partial charge >= 0.3 is 0 Å². The third kappa shape index (κ3) is 0.816. The first-order chi connectivity index (χ1) is 5.42. The molecule has 53 valence electrons. The van der Waals surface area contributed by atoms with Gasteiger partial charge in [0.05, 0.1) is 17.3 Å². The molecule has 0 aliphatic carbocycles. The first-order valence-corrected chi connectivity index (χ1v) is 3.22. The Labute approximate surface area is 63.3 Å². The highest BCUT2D eigenvalue weighted by atomic mass is 16.1. The Morgan fingerprint density at radius 2 is 2.36 bits per heavy atom. The standard InChI is InChI=1S/C8H5N2O/c11-6-7-5-9-10-4-2-1-3-8(7)10/h1-5H. The molecule has 1 radical (unpaired) electrons. The van der Waals surface area contributed by atoms with Crippen molar-refractivity contribution in [2.75, 3.05) is 0 Å². The first-order valence-electron chi connectivity index (χ1n) is 3.22. The van der Waals surface area contributed by atoms with Crippen LogP contribution < -0.4 is 0 Å². The van der Waals surface area contributed by atoms with E-state index in [2.05, 4.69) is 5.10 Å². The van der Waals surface area contributed by atoms with Crippen molar-refractivity contribution < 1.29 is 4.79 Å². The minimum absolute atomic E-state index is 0.505. The van der Waals surface area contributed by atoms with E-state index in [-0.39, 0.29) is 0 Å². The van der Waals surface area contributed by atoms with Crippen molar-refractivity contribution >= 4 is 11.8 Å². The summed E-state index contributed by atoms with van der Waals surface area (Å²) in [5, 5.41) is 3.94. The molecular formula is C8H5N2O. The van der Waals surface area contributed by atoms with Gasteiger partial charge in [0.1, 0.15) is 0 Å². The van der Waals surface area contributed by atoms with Crippen molar-refractivity contribution in [2.45, 2.75) is 0 Å². The summed E-state index contributed by atoms with van der Waals surface area (Å²) in [7, 11) is 0. The molecule has 0 fully saturated rings. The summed E-state index contributed by atoms with van der Waals surface area (Å²) >= 11 is 0. The van der Waals surface area contributed by atoms with E-state index >= 15 is 0 Å². The summed E-state index contributed by atoms with van der Waals surface area (Å²) in [5.41, 5.74) is 1.30. The van der Waals surface area contributed by atoms with E-state index in [1.807, 2.05) is 24.5 Å². The van der Waals surface area contributed by atoms with Crippen molar-refractivity contribution in [1.82, 2.24) is 9.61 Å². The molecule has 0 aromatic carbocycles. The van der Waals surface area contributed by atoms with Gasteiger partial charge in [-0.15, -0.1) is 0 Å². The molecule has 3 nitrogen and oxygen atoms in total. The lowest BCUT2D eigenvalue weighted by Crippen LogP contribution is -1.83. The van der Waals surface area contributed by atoms with Crippen LogP contribution in [0.4, 0.5) is 0 Å². The SMILES string of the molecule is O=[C]c1cnn2ccccc12. The van der Waals surface area contributed by atoms with E-state index in [0.717, 1.165) is 5.52 Å². The van der Waals surface area contributed by atoms with Gasteiger partial charge in [-0.25, -0.2) is 4.52 Å². The molecule has 0 N–H and O–H groups in total. The Bertz CT molecular complexity index is 392. The zero-order valence-electron chi connectivity index (χ0n) is 5.69. The van der Waals surface area contributed by atoms with Crippen LogP contribution in [0.1, 0.15) is 5.56 Å². The Hall–Kier alpha value is -1.64. The molecule has 0 bridgehead atoms. The fourth-order valence-corrected chi connectivity index (χ4v) is 1.01. The highest BCUT2D eigenvalue weighted by Crippen LogP contribution is 2.05. The quantitative estimate of drug-likeness (QED) is 0.594. The maximum Gasteiger partial charge on any atom is 0.237 e. The number of nitrogens with zero attached hydrogens (tertiary/aromatic N) is 2. The average molecular weight is 145 g/mol. The van der Waals surface area contributed by atoms with E-state index in [4.69, 9.17) is 0 Å². The maximum absolute atomic E-state index is 10.3. The van der Waals surface area contributed by atoms with Crippen LogP contribution in [0.2, 0.25) is 0 Å². The third-order valence-electron chi connectivity index (χ3n) is 1.54. The summed E-state index contributed by atoms with van der Waals surface area (Å²) in [6.45, 7) is 0. The summed E-state index contributed by atoms with van der Waals surface area (Å²) in [6.07, 6.45) is 5.11. The highest BCUT2D eigenvalue weighted by Gasteiger charge is 2.00. The predicted molar refractivity (Wildman–Crippen MR) is 40.0 cm³/mol. The second-order valence-electron chi connectivity index (χ2n) is 2.19. The van der Waals surface area contributed by atoms with E-state index in [9.17, 15) is 4.79 Å². The minimum Gasteiger partial charge on any atom is -0.285 e. The monoisotopic (exact) mass is 145 g/mol. The maximum atomic E-state index is 10.3. The average Bonchev–Trinajstić information content (AvgIpc) is 2.47. The van der Waals surface area contributed by atoms with E-state index < -0.39 is 0 Å². The zero-order valence-corrected chi connectivity index (χ0v) is 5.69. The summed E-state index contributed by atoms with van der Waals surface area (Å²) in [6, 6.07) is 5.54. The molecule has 0 saturated carbocycles. The Kier molecular flexibility index (Phi) is 1.22. The van der Waals surface area contributed by atoms with Gasteiger partial charge < -0.3 is 0 Å². The molecule has 0 amide bonds. The van der Waals surface area contributed by atoms with Gasteiger partial charge in [-0.05, 0) is 12.1 Å². The topological polar surface area (TPSA) is 34.4 Å². The van der Waals surface area contributed by atoms with Crippen molar-refractivity contribution in [2.24, 2.45) is 0 Å². The fraction of sp³-hybridized carbons (Fsp3) is 0. The van der Waals surface area contributed by atoms with Crippen LogP contribution in [0.25, 0.3) is 5.52 Å². The van der Waals surface area contributed by atoms with Crippen LogP contribution in [-0.4, -0.2) is 15.9 Å². The number of pyridine rings is 1. The third-order valence-corrected chi connectivity index (χ3v) is 1.54. The number of rotatable bonds is 1. The summed E-state index contributed by atoms with van der Waals surface area (Å²) < 4.78 is 1.64. The predicted octanol–water partition coefficient (Wildman–Crippen LogP) is 0.792. The van der Waals surface area contributed by atoms with Crippen LogP contribution in [0.3, 0.4) is 0 Å². The number of hydrogen-bond donors (Lipinski definition) is 0. The Balaban J connectivity index is 2.86. The Morgan fingerprint density at radius 1 is 1.45 bits per heavy atom. The molecule has 0 saturated heterocycles. The molecule has 2 rings (SSSR count). The second kappa shape index (κ2) is 2.20.